The van der Waals surface area contributed by atoms with Crippen LogP contribution in [0.5, 0.6) is 0 Å². The van der Waals surface area contributed by atoms with Crippen molar-refractivity contribution in [1.29, 1.82) is 0 Å². The number of hydrogen-bond acceptors (Lipinski definition) is 6. The smallest absolute Gasteiger partial charge is 0.228 e. The van der Waals surface area contributed by atoms with E-state index in [1.807, 2.05) is 73.6 Å². The van der Waals surface area contributed by atoms with Gasteiger partial charge in [0.1, 0.15) is 18.0 Å². The highest BCUT2D eigenvalue weighted by atomic mass is 19.1. The molecule has 2 aromatic heterocycles. The first-order valence-electron chi connectivity index (χ1n) is 12.3. The van der Waals surface area contributed by atoms with Crippen LogP contribution in [0.25, 0.3) is 22.0 Å². The summed E-state index contributed by atoms with van der Waals surface area (Å²) < 4.78 is 15.3. The summed E-state index contributed by atoms with van der Waals surface area (Å²) in [4.78, 5) is 23.4. The Bertz CT molecular complexity index is 1560. The largest absolute Gasteiger partial charge is 0.340 e. The maximum atomic E-state index is 13.3. The Hall–Kier alpha value is -4.63. The summed E-state index contributed by atoms with van der Waals surface area (Å²) in [7, 11) is 4.09. The standard InChI is InChI=1S/C29H28FN7O/c1-36(2)12-13-37-18-22(17-33-37)21-8-11-26-27(15-21)31-19-32-29(26)35-24-9-6-20(7-10-24)14-28(38)34-25-5-3-4-23(30)16-25/h3-11,15-19H,12-14H2,1-2H3,(H,34,38)(H,31,32,35). The summed E-state index contributed by atoms with van der Waals surface area (Å²) in [6, 6.07) is 19.5. The fourth-order valence-corrected chi connectivity index (χ4v) is 4.07. The Morgan fingerprint density at radius 1 is 0.974 bits per heavy atom. The van der Waals surface area contributed by atoms with Gasteiger partial charge in [-0.25, -0.2) is 14.4 Å². The Balaban J connectivity index is 1.26. The average molecular weight is 510 g/mol. The van der Waals surface area contributed by atoms with Crippen molar-refractivity contribution in [1.82, 2.24) is 24.6 Å². The molecular weight excluding hydrogens is 481 g/mol. The van der Waals surface area contributed by atoms with Gasteiger partial charge in [0.25, 0.3) is 0 Å². The number of fused-ring (bicyclic) bond motifs is 1. The van der Waals surface area contributed by atoms with Gasteiger partial charge < -0.3 is 15.5 Å². The fraction of sp³-hybridized carbons (Fsp3) is 0.172. The molecule has 8 nitrogen and oxygen atoms in total. The Morgan fingerprint density at radius 2 is 1.82 bits per heavy atom. The summed E-state index contributed by atoms with van der Waals surface area (Å²) in [6.45, 7) is 1.75. The lowest BCUT2D eigenvalue weighted by Crippen LogP contribution is -2.18. The number of hydrogen-bond donors (Lipinski definition) is 2. The number of likely N-dealkylation sites (N-methyl/N-ethyl adjacent to an activating group) is 1. The molecule has 0 spiro atoms. The summed E-state index contributed by atoms with van der Waals surface area (Å²) in [5.74, 6) is 0.0930. The predicted molar refractivity (Wildman–Crippen MR) is 148 cm³/mol. The van der Waals surface area contributed by atoms with Crippen LogP contribution in [0.3, 0.4) is 0 Å². The highest BCUT2D eigenvalue weighted by Gasteiger charge is 2.09. The van der Waals surface area contributed by atoms with E-state index in [2.05, 4.69) is 30.6 Å². The van der Waals surface area contributed by atoms with E-state index in [4.69, 9.17) is 0 Å². The first-order chi connectivity index (χ1) is 18.4. The van der Waals surface area contributed by atoms with Crippen LogP contribution >= 0.6 is 0 Å². The fourth-order valence-electron chi connectivity index (χ4n) is 4.07. The zero-order valence-corrected chi connectivity index (χ0v) is 21.2. The van der Waals surface area contributed by atoms with Crippen molar-refractivity contribution < 1.29 is 9.18 Å². The Morgan fingerprint density at radius 3 is 2.61 bits per heavy atom. The quantitative estimate of drug-likeness (QED) is 0.287. The molecule has 0 aliphatic rings. The van der Waals surface area contributed by atoms with Crippen LogP contribution in [0.1, 0.15) is 5.56 Å². The number of nitrogens with one attached hydrogen (secondary N) is 2. The minimum atomic E-state index is -0.390. The lowest BCUT2D eigenvalue weighted by atomic mass is 10.1. The van der Waals surface area contributed by atoms with E-state index >= 15 is 0 Å². The van der Waals surface area contributed by atoms with Gasteiger partial charge in [-0.1, -0.05) is 24.3 Å². The second-order valence-corrected chi connectivity index (χ2v) is 9.31. The third-order valence-corrected chi connectivity index (χ3v) is 6.07. The highest BCUT2D eigenvalue weighted by Crippen LogP contribution is 2.28. The average Bonchev–Trinajstić information content (AvgIpc) is 3.38. The number of rotatable bonds is 9. The van der Waals surface area contributed by atoms with Crippen LogP contribution in [-0.4, -0.2) is 51.2 Å². The zero-order valence-electron chi connectivity index (χ0n) is 21.2. The molecule has 0 bridgehead atoms. The van der Waals surface area contributed by atoms with Gasteiger partial charge in [0.05, 0.1) is 24.7 Å². The van der Waals surface area contributed by atoms with Crippen molar-refractivity contribution in [3.8, 4) is 11.1 Å². The molecule has 9 heteroatoms. The van der Waals surface area contributed by atoms with Gasteiger partial charge in [-0.05, 0) is 67.7 Å². The monoisotopic (exact) mass is 509 g/mol. The van der Waals surface area contributed by atoms with E-state index in [1.165, 1.54) is 12.1 Å². The van der Waals surface area contributed by atoms with Crippen molar-refractivity contribution in [2.75, 3.05) is 31.3 Å². The summed E-state index contributed by atoms with van der Waals surface area (Å²) in [5.41, 5.74) is 5.02. The molecule has 2 heterocycles. The second-order valence-electron chi connectivity index (χ2n) is 9.31. The molecule has 0 fully saturated rings. The van der Waals surface area contributed by atoms with Crippen molar-refractivity contribution in [3.05, 3.63) is 96.8 Å². The van der Waals surface area contributed by atoms with E-state index in [0.29, 0.717) is 11.5 Å². The van der Waals surface area contributed by atoms with Gasteiger partial charge >= 0.3 is 0 Å². The lowest BCUT2D eigenvalue weighted by molar-refractivity contribution is -0.115. The van der Waals surface area contributed by atoms with Crippen molar-refractivity contribution >= 4 is 34.0 Å². The molecule has 0 aliphatic carbocycles. The second kappa shape index (κ2) is 11.2. The van der Waals surface area contributed by atoms with Crippen molar-refractivity contribution in [2.24, 2.45) is 0 Å². The van der Waals surface area contributed by atoms with Gasteiger partial charge in [0.2, 0.25) is 5.91 Å². The van der Waals surface area contributed by atoms with Crippen molar-refractivity contribution in [3.63, 3.8) is 0 Å². The van der Waals surface area contributed by atoms with Gasteiger partial charge in [-0.3, -0.25) is 9.48 Å². The third kappa shape index (κ3) is 6.19. The van der Waals surface area contributed by atoms with Gasteiger partial charge in [0.15, 0.2) is 0 Å². The van der Waals surface area contributed by atoms with E-state index < -0.39 is 5.82 Å². The molecule has 2 N–H and O–H groups in total. The molecule has 0 atom stereocenters. The molecule has 5 rings (SSSR count). The molecule has 0 saturated carbocycles. The van der Waals surface area contributed by atoms with E-state index in [9.17, 15) is 9.18 Å². The third-order valence-electron chi connectivity index (χ3n) is 6.07. The molecule has 0 saturated heterocycles. The van der Waals surface area contributed by atoms with Gasteiger partial charge in [-0.15, -0.1) is 0 Å². The molecule has 0 radical (unpaired) electrons. The van der Waals surface area contributed by atoms with Gasteiger partial charge in [0, 0.05) is 35.1 Å². The summed E-state index contributed by atoms with van der Waals surface area (Å²) in [6.07, 6.45) is 5.64. The molecule has 3 aromatic carbocycles. The number of halogens is 1. The number of nitrogens with zero attached hydrogens (tertiary/aromatic N) is 5. The molecule has 38 heavy (non-hydrogen) atoms. The number of aromatic nitrogens is 4. The zero-order chi connectivity index (χ0) is 26.5. The van der Waals surface area contributed by atoms with Crippen LogP contribution in [0.4, 0.5) is 21.6 Å². The number of amides is 1. The van der Waals surface area contributed by atoms with E-state index in [1.54, 1.807) is 18.5 Å². The molecular formula is C29H28FN7O. The molecule has 5 aromatic rings. The number of anilines is 3. The highest BCUT2D eigenvalue weighted by molar-refractivity contribution is 5.94. The van der Waals surface area contributed by atoms with Crippen LogP contribution in [0, 0.1) is 5.82 Å². The molecule has 0 unspecified atom stereocenters. The SMILES string of the molecule is CN(C)CCn1cc(-c2ccc3c(Nc4ccc(CC(=O)Nc5cccc(F)c5)cc4)ncnc3c2)cn1. The minimum Gasteiger partial charge on any atom is -0.340 e. The summed E-state index contributed by atoms with van der Waals surface area (Å²) in [5, 5.41) is 11.4. The first kappa shape index (κ1) is 25.0. The van der Waals surface area contributed by atoms with Gasteiger partial charge in [-0.2, -0.15) is 5.10 Å². The Kier molecular flexibility index (Phi) is 7.37. The van der Waals surface area contributed by atoms with E-state index in [0.717, 1.165) is 46.4 Å². The number of carbonyl (C=O) groups is 1. The minimum absolute atomic E-state index is 0.182. The van der Waals surface area contributed by atoms with Crippen molar-refractivity contribution in [2.45, 2.75) is 13.0 Å². The number of carbonyl (C=O) groups excluding carboxylic acids is 1. The first-order valence-corrected chi connectivity index (χ1v) is 12.3. The normalized spacial score (nSPS) is 11.2. The molecule has 192 valence electrons. The van der Waals surface area contributed by atoms with E-state index in [-0.39, 0.29) is 12.3 Å². The van der Waals surface area contributed by atoms with Crippen LogP contribution in [-0.2, 0) is 17.8 Å². The lowest BCUT2D eigenvalue weighted by Gasteiger charge is -2.10. The summed E-state index contributed by atoms with van der Waals surface area (Å²) >= 11 is 0. The maximum absolute atomic E-state index is 13.3. The van der Waals surface area contributed by atoms with Crippen LogP contribution < -0.4 is 10.6 Å². The predicted octanol–water partition coefficient (Wildman–Crippen LogP) is 5.12. The molecule has 0 aliphatic heterocycles. The number of benzene rings is 3. The topological polar surface area (TPSA) is 88.0 Å². The van der Waals surface area contributed by atoms with Crippen LogP contribution in [0.15, 0.2) is 85.5 Å². The van der Waals surface area contributed by atoms with Crippen LogP contribution in [0.2, 0.25) is 0 Å². The Labute approximate surface area is 220 Å². The molecule has 1 amide bonds. The maximum Gasteiger partial charge on any atom is 0.228 e.